The average molecular weight is 260 g/mol. The lowest BCUT2D eigenvalue weighted by molar-refractivity contribution is -0.123. The molecule has 0 atom stereocenters. The lowest BCUT2D eigenvalue weighted by atomic mass is 10.2. The third-order valence-electron chi connectivity index (χ3n) is 1.89. The summed E-state index contributed by atoms with van der Waals surface area (Å²) < 4.78 is 35.7. The monoisotopic (exact) mass is 260 g/mol. The second-order valence-electron chi connectivity index (χ2n) is 3.56. The van der Waals surface area contributed by atoms with Crippen LogP contribution in [0.1, 0.15) is 17.3 Å². The molecular weight excluding hydrogens is 249 g/mol. The van der Waals surface area contributed by atoms with Crippen LogP contribution in [0.5, 0.6) is 0 Å². The van der Waals surface area contributed by atoms with Crippen molar-refractivity contribution in [3.05, 3.63) is 29.8 Å². The zero-order valence-electron chi connectivity index (χ0n) is 9.47. The van der Waals surface area contributed by atoms with E-state index in [9.17, 15) is 22.8 Å². The Hall–Kier alpha value is -2.05. The normalized spacial score (nSPS) is 10.9. The zero-order valence-corrected chi connectivity index (χ0v) is 9.47. The predicted molar refractivity (Wildman–Crippen MR) is 59.1 cm³/mol. The van der Waals surface area contributed by atoms with Gasteiger partial charge in [-0.1, -0.05) is 6.07 Å². The molecule has 0 radical (unpaired) electrons. The van der Waals surface area contributed by atoms with Gasteiger partial charge in [0.1, 0.15) is 6.54 Å². The third-order valence-corrected chi connectivity index (χ3v) is 1.89. The van der Waals surface area contributed by atoms with Crippen LogP contribution in [0, 0.1) is 0 Å². The maximum Gasteiger partial charge on any atom is 0.405 e. The Morgan fingerprint density at radius 1 is 1.28 bits per heavy atom. The Kier molecular flexibility index (Phi) is 4.30. The summed E-state index contributed by atoms with van der Waals surface area (Å²) in [6, 6.07) is 5.65. The molecule has 4 nitrogen and oxygen atoms in total. The number of carbonyl (C=O) groups excluding carboxylic acids is 2. The van der Waals surface area contributed by atoms with Crippen LogP contribution in [-0.2, 0) is 4.79 Å². The molecule has 0 aliphatic rings. The van der Waals surface area contributed by atoms with Crippen LogP contribution in [0.4, 0.5) is 18.9 Å². The van der Waals surface area contributed by atoms with Crippen molar-refractivity contribution in [2.24, 2.45) is 0 Å². The van der Waals surface area contributed by atoms with Crippen LogP contribution < -0.4 is 10.6 Å². The minimum Gasteiger partial charge on any atom is -0.343 e. The molecule has 18 heavy (non-hydrogen) atoms. The van der Waals surface area contributed by atoms with Gasteiger partial charge in [-0.25, -0.2) is 0 Å². The Labute approximate surface area is 101 Å². The highest BCUT2D eigenvalue weighted by molar-refractivity contribution is 5.96. The first-order chi connectivity index (χ1) is 8.28. The van der Waals surface area contributed by atoms with Crippen LogP contribution in [0.2, 0.25) is 0 Å². The summed E-state index contributed by atoms with van der Waals surface area (Å²) in [4.78, 5) is 22.2. The molecule has 2 amide bonds. The van der Waals surface area contributed by atoms with Crippen molar-refractivity contribution in [3.8, 4) is 0 Å². The molecule has 1 aromatic rings. The average Bonchev–Trinajstić information content (AvgIpc) is 2.24. The molecule has 0 heterocycles. The van der Waals surface area contributed by atoms with Crippen molar-refractivity contribution in [1.29, 1.82) is 0 Å². The van der Waals surface area contributed by atoms with Gasteiger partial charge in [0.05, 0.1) is 0 Å². The fraction of sp³-hybridized carbons (Fsp3) is 0.273. The van der Waals surface area contributed by atoms with E-state index in [4.69, 9.17) is 0 Å². The number of nitrogens with one attached hydrogen (secondary N) is 2. The Bertz CT molecular complexity index is 458. The molecule has 7 heteroatoms. The van der Waals surface area contributed by atoms with Gasteiger partial charge in [-0.05, 0) is 18.2 Å². The van der Waals surface area contributed by atoms with Gasteiger partial charge in [0, 0.05) is 18.2 Å². The van der Waals surface area contributed by atoms with Gasteiger partial charge < -0.3 is 10.6 Å². The maximum absolute atomic E-state index is 11.9. The summed E-state index contributed by atoms with van der Waals surface area (Å²) in [6.45, 7) is -0.105. The molecule has 98 valence electrons. The summed E-state index contributed by atoms with van der Waals surface area (Å²) in [5.74, 6) is -1.18. The highest BCUT2D eigenvalue weighted by Gasteiger charge is 2.27. The van der Waals surface area contributed by atoms with Crippen LogP contribution in [0.3, 0.4) is 0 Å². The molecule has 1 aromatic carbocycles. The Morgan fingerprint density at radius 2 is 1.94 bits per heavy atom. The van der Waals surface area contributed by atoms with E-state index >= 15 is 0 Å². The number of rotatable bonds is 3. The quantitative estimate of drug-likeness (QED) is 0.872. The predicted octanol–water partition coefficient (Wildman–Crippen LogP) is 1.94. The van der Waals surface area contributed by atoms with Gasteiger partial charge in [-0.15, -0.1) is 0 Å². The molecule has 1 rings (SSSR count). The first-order valence-corrected chi connectivity index (χ1v) is 5.00. The number of halogens is 3. The van der Waals surface area contributed by atoms with Crippen molar-refractivity contribution in [1.82, 2.24) is 5.32 Å². The summed E-state index contributed by atoms with van der Waals surface area (Å²) in [7, 11) is 0. The van der Waals surface area contributed by atoms with Crippen molar-refractivity contribution in [2.45, 2.75) is 13.1 Å². The molecule has 0 saturated carbocycles. The number of alkyl halides is 3. The molecule has 0 spiro atoms. The maximum atomic E-state index is 11.9. The van der Waals surface area contributed by atoms with Crippen LogP contribution in [0.15, 0.2) is 24.3 Å². The first-order valence-electron chi connectivity index (χ1n) is 5.00. The minimum atomic E-state index is -4.45. The van der Waals surface area contributed by atoms with E-state index in [0.717, 1.165) is 0 Å². The lowest BCUT2D eigenvalue weighted by Crippen LogP contribution is -2.33. The van der Waals surface area contributed by atoms with E-state index in [1.54, 1.807) is 5.32 Å². The summed E-state index contributed by atoms with van der Waals surface area (Å²) >= 11 is 0. The van der Waals surface area contributed by atoms with Gasteiger partial charge in [0.15, 0.2) is 0 Å². The van der Waals surface area contributed by atoms with E-state index in [0.29, 0.717) is 5.69 Å². The second kappa shape index (κ2) is 5.52. The van der Waals surface area contributed by atoms with Gasteiger partial charge in [-0.3, -0.25) is 9.59 Å². The molecule has 0 bridgehead atoms. The van der Waals surface area contributed by atoms with E-state index in [-0.39, 0.29) is 11.5 Å². The van der Waals surface area contributed by atoms with Crippen molar-refractivity contribution < 1.29 is 22.8 Å². The van der Waals surface area contributed by atoms with Gasteiger partial charge in [0.25, 0.3) is 5.91 Å². The van der Waals surface area contributed by atoms with Crippen molar-refractivity contribution in [3.63, 3.8) is 0 Å². The third kappa shape index (κ3) is 4.86. The van der Waals surface area contributed by atoms with E-state index in [2.05, 4.69) is 5.32 Å². The largest absolute Gasteiger partial charge is 0.405 e. The van der Waals surface area contributed by atoms with Gasteiger partial charge in [0.2, 0.25) is 5.91 Å². The smallest absolute Gasteiger partial charge is 0.343 e. The molecule has 0 aliphatic heterocycles. The summed E-state index contributed by atoms with van der Waals surface area (Å²) in [5.41, 5.74) is 0.396. The number of hydrogen-bond acceptors (Lipinski definition) is 2. The molecule has 0 fully saturated rings. The van der Waals surface area contributed by atoms with Crippen LogP contribution in [0.25, 0.3) is 0 Å². The zero-order chi connectivity index (χ0) is 13.8. The SMILES string of the molecule is CC(=O)Nc1cccc(C(=O)NCC(F)(F)F)c1. The number of amides is 2. The van der Waals surface area contributed by atoms with E-state index in [1.807, 2.05) is 0 Å². The van der Waals surface area contributed by atoms with E-state index in [1.165, 1.54) is 31.2 Å². The summed E-state index contributed by atoms with van der Waals surface area (Å²) in [5, 5.41) is 4.17. The molecule has 0 aromatic heterocycles. The molecule has 0 saturated heterocycles. The lowest BCUT2D eigenvalue weighted by Gasteiger charge is -2.09. The fourth-order valence-corrected chi connectivity index (χ4v) is 1.22. The minimum absolute atomic E-state index is 0.0468. The first kappa shape index (κ1) is 14.0. The Morgan fingerprint density at radius 3 is 2.50 bits per heavy atom. The number of hydrogen-bond donors (Lipinski definition) is 2. The second-order valence-corrected chi connectivity index (χ2v) is 3.56. The molecule has 0 aliphatic carbocycles. The number of carbonyl (C=O) groups is 2. The highest BCUT2D eigenvalue weighted by Crippen LogP contribution is 2.14. The molecule has 0 unspecified atom stereocenters. The summed E-state index contributed by atoms with van der Waals surface area (Å²) in [6.07, 6.45) is -4.45. The van der Waals surface area contributed by atoms with Crippen LogP contribution in [-0.4, -0.2) is 24.5 Å². The number of anilines is 1. The van der Waals surface area contributed by atoms with Crippen molar-refractivity contribution >= 4 is 17.5 Å². The fourth-order valence-electron chi connectivity index (χ4n) is 1.22. The Balaban J connectivity index is 2.71. The van der Waals surface area contributed by atoms with Crippen molar-refractivity contribution in [2.75, 3.05) is 11.9 Å². The van der Waals surface area contributed by atoms with Crippen LogP contribution >= 0.6 is 0 Å². The molecular formula is C11H11F3N2O2. The topological polar surface area (TPSA) is 58.2 Å². The highest BCUT2D eigenvalue weighted by atomic mass is 19.4. The van der Waals surface area contributed by atoms with E-state index < -0.39 is 18.6 Å². The van der Waals surface area contributed by atoms with Gasteiger partial charge >= 0.3 is 6.18 Å². The number of benzene rings is 1. The molecule has 2 N–H and O–H groups in total. The standard InChI is InChI=1S/C11H11F3N2O2/c1-7(17)16-9-4-2-3-8(5-9)10(18)15-6-11(12,13)14/h2-5H,6H2,1H3,(H,15,18)(H,16,17). The van der Waals surface area contributed by atoms with Gasteiger partial charge in [-0.2, -0.15) is 13.2 Å².